The number of rotatable bonds is 8. The van der Waals surface area contributed by atoms with Crippen LogP contribution in [0.3, 0.4) is 0 Å². The lowest BCUT2D eigenvalue weighted by atomic mass is 10.4. The fourth-order valence-corrected chi connectivity index (χ4v) is 2.20. The van der Waals surface area contributed by atoms with Crippen molar-refractivity contribution in [3.8, 4) is 0 Å². The molecule has 0 spiro atoms. The van der Waals surface area contributed by atoms with Gasteiger partial charge in [0.1, 0.15) is 22.4 Å². The second-order valence-corrected chi connectivity index (χ2v) is 4.88. The van der Waals surface area contributed by atoms with Crippen LogP contribution in [-0.2, 0) is 9.53 Å². The molecule has 0 aliphatic rings. The van der Waals surface area contributed by atoms with E-state index in [1.54, 1.807) is 19.1 Å². The Hall–Kier alpha value is -1.41. The molecule has 0 radical (unpaired) electrons. The van der Waals surface area contributed by atoms with Crippen LogP contribution < -0.4 is 15.5 Å². The summed E-state index contributed by atoms with van der Waals surface area (Å²) >= 11 is 3.46. The normalized spacial score (nSPS) is 10.2. The fourth-order valence-electron chi connectivity index (χ4n) is 1.56. The molecule has 0 bridgehead atoms. The topological polar surface area (TPSA) is 79.4 Å². The third-order valence-electron chi connectivity index (χ3n) is 2.49. The van der Waals surface area contributed by atoms with E-state index in [-0.39, 0.29) is 12.5 Å². The Morgan fingerprint density at radius 3 is 2.90 bits per heavy atom. The summed E-state index contributed by atoms with van der Waals surface area (Å²) in [6.07, 6.45) is 1.47. The van der Waals surface area contributed by atoms with E-state index in [1.165, 1.54) is 6.33 Å². The van der Waals surface area contributed by atoms with Gasteiger partial charge in [-0.3, -0.25) is 4.79 Å². The van der Waals surface area contributed by atoms with Gasteiger partial charge in [0.05, 0.1) is 13.2 Å². The molecule has 8 heteroatoms. The molecule has 0 saturated carbocycles. The van der Waals surface area contributed by atoms with Crippen LogP contribution in [0.25, 0.3) is 0 Å². The molecule has 112 valence electrons. The summed E-state index contributed by atoms with van der Waals surface area (Å²) in [6, 6.07) is 0. The van der Waals surface area contributed by atoms with Crippen molar-refractivity contribution in [3.05, 3.63) is 10.8 Å². The second-order valence-electron chi connectivity index (χ2n) is 4.09. The summed E-state index contributed by atoms with van der Waals surface area (Å²) in [4.78, 5) is 21.8. The highest BCUT2D eigenvalue weighted by Gasteiger charge is 2.14. The average molecular weight is 346 g/mol. The number of halogens is 1. The number of hydrogen-bond acceptors (Lipinski definition) is 6. The molecule has 2 N–H and O–H groups in total. The second kappa shape index (κ2) is 8.70. The highest BCUT2D eigenvalue weighted by atomic mass is 79.9. The van der Waals surface area contributed by atoms with Crippen LogP contribution >= 0.6 is 15.9 Å². The molecule has 0 fully saturated rings. The predicted octanol–water partition coefficient (Wildman–Crippen LogP) is 0.870. The Morgan fingerprint density at radius 1 is 1.50 bits per heavy atom. The van der Waals surface area contributed by atoms with Gasteiger partial charge in [-0.25, -0.2) is 9.97 Å². The maximum atomic E-state index is 11.7. The number of likely N-dealkylation sites (N-methyl/N-ethyl adjacent to an activating group) is 1. The van der Waals surface area contributed by atoms with Crippen molar-refractivity contribution >= 4 is 33.5 Å². The molecule has 1 aromatic heterocycles. The molecule has 1 aromatic rings. The van der Waals surface area contributed by atoms with Crippen molar-refractivity contribution in [1.82, 2.24) is 15.3 Å². The van der Waals surface area contributed by atoms with Crippen LogP contribution in [-0.4, -0.2) is 56.3 Å². The predicted molar refractivity (Wildman–Crippen MR) is 82.1 cm³/mol. The van der Waals surface area contributed by atoms with E-state index in [4.69, 9.17) is 4.74 Å². The molecule has 7 nitrogen and oxygen atoms in total. The van der Waals surface area contributed by atoms with Crippen molar-refractivity contribution in [3.63, 3.8) is 0 Å². The number of methoxy groups -OCH3 is 1. The van der Waals surface area contributed by atoms with E-state index in [0.717, 1.165) is 11.0 Å². The zero-order chi connectivity index (χ0) is 15.0. The number of nitrogens with one attached hydrogen (secondary N) is 2. The Kier molecular flexibility index (Phi) is 7.24. The van der Waals surface area contributed by atoms with Crippen LogP contribution in [0.15, 0.2) is 10.8 Å². The molecule has 0 unspecified atom stereocenters. The minimum atomic E-state index is -0.0833. The van der Waals surface area contributed by atoms with Gasteiger partial charge < -0.3 is 20.3 Å². The summed E-state index contributed by atoms with van der Waals surface area (Å²) in [5, 5.41) is 5.89. The SMILES string of the molecule is CCNc1ncnc(N(C)CC(=O)NCCOC)c1Br. The van der Waals surface area contributed by atoms with Crippen LogP contribution in [0.4, 0.5) is 11.6 Å². The van der Waals surface area contributed by atoms with Crippen LogP contribution in [0, 0.1) is 0 Å². The van der Waals surface area contributed by atoms with Crippen LogP contribution in [0.1, 0.15) is 6.92 Å². The van der Waals surface area contributed by atoms with Crippen molar-refractivity contribution < 1.29 is 9.53 Å². The first kappa shape index (κ1) is 16.6. The number of nitrogens with zero attached hydrogens (tertiary/aromatic N) is 3. The zero-order valence-electron chi connectivity index (χ0n) is 11.9. The monoisotopic (exact) mass is 345 g/mol. The number of amides is 1. The summed E-state index contributed by atoms with van der Waals surface area (Å²) in [5.74, 6) is 1.29. The Balaban J connectivity index is 2.65. The van der Waals surface area contributed by atoms with E-state index in [0.29, 0.717) is 24.8 Å². The van der Waals surface area contributed by atoms with E-state index < -0.39 is 0 Å². The van der Waals surface area contributed by atoms with Gasteiger partial charge in [-0.15, -0.1) is 0 Å². The molecule has 1 amide bonds. The van der Waals surface area contributed by atoms with Crippen molar-refractivity contribution in [2.45, 2.75) is 6.92 Å². The lowest BCUT2D eigenvalue weighted by Crippen LogP contribution is -2.37. The number of carbonyl (C=O) groups excluding carboxylic acids is 1. The number of hydrogen-bond donors (Lipinski definition) is 2. The van der Waals surface area contributed by atoms with Gasteiger partial charge in [0.25, 0.3) is 0 Å². The molecular formula is C12H20BrN5O2. The third kappa shape index (κ3) is 4.93. The zero-order valence-corrected chi connectivity index (χ0v) is 13.5. The molecule has 0 atom stereocenters. The quantitative estimate of drug-likeness (QED) is 0.680. The largest absolute Gasteiger partial charge is 0.383 e. The first-order valence-electron chi connectivity index (χ1n) is 6.31. The fraction of sp³-hybridized carbons (Fsp3) is 0.583. The van der Waals surface area contributed by atoms with Gasteiger partial charge in [-0.2, -0.15) is 0 Å². The maximum absolute atomic E-state index is 11.7. The molecular weight excluding hydrogens is 326 g/mol. The number of anilines is 2. The van der Waals surface area contributed by atoms with E-state index in [1.807, 2.05) is 6.92 Å². The van der Waals surface area contributed by atoms with Gasteiger partial charge in [0, 0.05) is 27.2 Å². The number of aromatic nitrogens is 2. The van der Waals surface area contributed by atoms with Gasteiger partial charge in [-0.05, 0) is 22.9 Å². The smallest absolute Gasteiger partial charge is 0.239 e. The van der Waals surface area contributed by atoms with Gasteiger partial charge in [0.15, 0.2) is 0 Å². The van der Waals surface area contributed by atoms with Gasteiger partial charge in [-0.1, -0.05) is 0 Å². The molecule has 1 heterocycles. The highest BCUT2D eigenvalue weighted by Crippen LogP contribution is 2.28. The van der Waals surface area contributed by atoms with E-state index in [9.17, 15) is 4.79 Å². The molecule has 1 rings (SSSR count). The summed E-state index contributed by atoms with van der Waals surface area (Å²) in [5.41, 5.74) is 0. The minimum absolute atomic E-state index is 0.0833. The van der Waals surface area contributed by atoms with Gasteiger partial charge >= 0.3 is 0 Å². The van der Waals surface area contributed by atoms with E-state index >= 15 is 0 Å². The summed E-state index contributed by atoms with van der Waals surface area (Å²) in [7, 11) is 3.40. The lowest BCUT2D eigenvalue weighted by molar-refractivity contribution is -0.119. The Labute approximate surface area is 127 Å². The van der Waals surface area contributed by atoms with Crippen LogP contribution in [0.5, 0.6) is 0 Å². The van der Waals surface area contributed by atoms with E-state index in [2.05, 4.69) is 36.5 Å². The number of ether oxygens (including phenoxy) is 1. The summed E-state index contributed by atoms with van der Waals surface area (Å²) in [6.45, 7) is 3.95. The molecule has 0 aliphatic carbocycles. The van der Waals surface area contributed by atoms with Crippen molar-refractivity contribution in [2.24, 2.45) is 0 Å². The molecule has 20 heavy (non-hydrogen) atoms. The highest BCUT2D eigenvalue weighted by molar-refractivity contribution is 9.10. The van der Waals surface area contributed by atoms with Crippen molar-refractivity contribution in [2.75, 3.05) is 50.6 Å². The molecule has 0 aliphatic heterocycles. The molecule has 0 aromatic carbocycles. The summed E-state index contributed by atoms with van der Waals surface area (Å²) < 4.78 is 5.62. The third-order valence-corrected chi connectivity index (χ3v) is 3.22. The Morgan fingerprint density at radius 2 is 2.25 bits per heavy atom. The van der Waals surface area contributed by atoms with Crippen molar-refractivity contribution in [1.29, 1.82) is 0 Å². The van der Waals surface area contributed by atoms with Gasteiger partial charge in [0.2, 0.25) is 5.91 Å². The lowest BCUT2D eigenvalue weighted by Gasteiger charge is -2.20. The van der Waals surface area contributed by atoms with Crippen LogP contribution in [0.2, 0.25) is 0 Å². The standard InChI is InChI=1S/C12H20BrN5O2/c1-4-14-11-10(13)12(17-8-16-11)18(2)7-9(19)15-5-6-20-3/h8H,4-7H2,1-3H3,(H,15,19)(H,14,16,17). The Bertz CT molecular complexity index is 444. The number of carbonyl (C=O) groups is 1. The first-order chi connectivity index (χ1) is 9.60. The minimum Gasteiger partial charge on any atom is -0.383 e. The molecule has 0 saturated heterocycles. The maximum Gasteiger partial charge on any atom is 0.239 e. The first-order valence-corrected chi connectivity index (χ1v) is 7.10. The average Bonchev–Trinajstić information content (AvgIpc) is 2.41.